The molecule has 1 fully saturated rings. The van der Waals surface area contributed by atoms with Crippen LogP contribution in [0, 0.1) is 0 Å². The standard InChI is InChI=1S/C17H19N5O2/c1-21-15(11-18-20-21)19-16(23)22-10-4-8-17(12-22)9-7-13-5-2-3-6-14(13)24-17/h2-3,5-7,9,11H,4,8,10,12H2,1H3,(H,19,23). The number of piperidine rings is 1. The van der Waals surface area contributed by atoms with Crippen molar-refractivity contribution in [1.82, 2.24) is 19.9 Å². The van der Waals surface area contributed by atoms with Crippen molar-refractivity contribution in [2.24, 2.45) is 7.05 Å². The van der Waals surface area contributed by atoms with E-state index in [2.05, 4.69) is 27.8 Å². The minimum atomic E-state index is -0.450. The van der Waals surface area contributed by atoms with Crippen LogP contribution in [0.2, 0.25) is 0 Å². The number of hydrogen-bond donors (Lipinski definition) is 1. The van der Waals surface area contributed by atoms with E-state index in [1.807, 2.05) is 24.3 Å². The Kier molecular flexibility index (Phi) is 3.48. The van der Waals surface area contributed by atoms with Gasteiger partial charge in [0, 0.05) is 19.2 Å². The highest BCUT2D eigenvalue weighted by atomic mass is 16.5. The van der Waals surface area contributed by atoms with Crippen molar-refractivity contribution in [2.45, 2.75) is 18.4 Å². The number of likely N-dealkylation sites (tertiary alicyclic amines) is 1. The lowest BCUT2D eigenvalue weighted by molar-refractivity contribution is 0.0441. The first kappa shape index (κ1) is 14.7. The number of amides is 2. The summed E-state index contributed by atoms with van der Waals surface area (Å²) in [5, 5.41) is 10.4. The van der Waals surface area contributed by atoms with E-state index in [1.165, 1.54) is 10.9 Å². The van der Waals surface area contributed by atoms with Crippen LogP contribution in [0.4, 0.5) is 10.6 Å². The maximum atomic E-state index is 12.6. The van der Waals surface area contributed by atoms with Crippen LogP contribution in [0.5, 0.6) is 5.75 Å². The normalized spacial score (nSPS) is 22.1. The Morgan fingerprint density at radius 2 is 2.25 bits per heavy atom. The summed E-state index contributed by atoms with van der Waals surface area (Å²) in [7, 11) is 1.74. The molecule has 2 amide bonds. The monoisotopic (exact) mass is 325 g/mol. The van der Waals surface area contributed by atoms with Gasteiger partial charge in [-0.2, -0.15) is 0 Å². The molecule has 7 nitrogen and oxygen atoms in total. The summed E-state index contributed by atoms with van der Waals surface area (Å²) < 4.78 is 7.79. The number of carbonyl (C=O) groups excluding carboxylic acids is 1. The summed E-state index contributed by atoms with van der Waals surface area (Å²) in [5.74, 6) is 1.45. The molecule has 0 saturated carbocycles. The van der Waals surface area contributed by atoms with Crippen molar-refractivity contribution in [1.29, 1.82) is 0 Å². The summed E-state index contributed by atoms with van der Waals surface area (Å²) in [5.41, 5.74) is 0.625. The molecule has 0 bridgehead atoms. The second-order valence-electron chi connectivity index (χ2n) is 6.24. The van der Waals surface area contributed by atoms with Crippen LogP contribution in [-0.2, 0) is 7.05 Å². The third-order valence-electron chi connectivity index (χ3n) is 4.52. The Bertz CT molecular complexity index is 800. The van der Waals surface area contributed by atoms with Gasteiger partial charge in [0.1, 0.15) is 11.4 Å². The van der Waals surface area contributed by atoms with Crippen molar-refractivity contribution in [3.05, 3.63) is 42.1 Å². The van der Waals surface area contributed by atoms with E-state index >= 15 is 0 Å². The number of aryl methyl sites for hydroxylation is 1. The van der Waals surface area contributed by atoms with Crippen molar-refractivity contribution in [3.8, 4) is 5.75 Å². The summed E-state index contributed by atoms with van der Waals surface area (Å²) in [4.78, 5) is 14.3. The van der Waals surface area contributed by atoms with E-state index in [-0.39, 0.29) is 6.03 Å². The molecule has 124 valence electrons. The topological polar surface area (TPSA) is 72.3 Å². The molecule has 4 rings (SSSR count). The van der Waals surface area contributed by atoms with Crippen LogP contribution < -0.4 is 10.1 Å². The number of ether oxygens (including phenoxy) is 1. The van der Waals surface area contributed by atoms with Gasteiger partial charge in [0.2, 0.25) is 0 Å². The van der Waals surface area contributed by atoms with Gasteiger partial charge in [-0.15, -0.1) is 5.10 Å². The van der Waals surface area contributed by atoms with Crippen LogP contribution in [0.25, 0.3) is 6.08 Å². The molecule has 1 aromatic heterocycles. The van der Waals surface area contributed by atoms with Crippen LogP contribution >= 0.6 is 0 Å². The number of anilines is 1. The highest BCUT2D eigenvalue weighted by Crippen LogP contribution is 2.36. The Morgan fingerprint density at radius 3 is 3.08 bits per heavy atom. The average Bonchev–Trinajstić information content (AvgIpc) is 3.00. The molecule has 7 heteroatoms. The number of rotatable bonds is 1. The predicted octanol–water partition coefficient (Wildman–Crippen LogP) is 2.29. The Hall–Kier alpha value is -2.83. The maximum Gasteiger partial charge on any atom is 0.323 e. The Balaban J connectivity index is 1.50. The number of aromatic nitrogens is 3. The molecular formula is C17H19N5O2. The first-order valence-electron chi connectivity index (χ1n) is 8.03. The molecule has 1 atom stereocenters. The van der Waals surface area contributed by atoms with Crippen LogP contribution in [0.1, 0.15) is 18.4 Å². The lowest BCUT2D eigenvalue weighted by atomic mass is 9.89. The van der Waals surface area contributed by atoms with Crippen molar-refractivity contribution in [2.75, 3.05) is 18.4 Å². The van der Waals surface area contributed by atoms with Gasteiger partial charge in [0.15, 0.2) is 5.82 Å². The number of benzene rings is 1. The molecule has 1 aromatic carbocycles. The fraction of sp³-hybridized carbons (Fsp3) is 0.353. The van der Waals surface area contributed by atoms with Gasteiger partial charge >= 0.3 is 6.03 Å². The van der Waals surface area contributed by atoms with Crippen molar-refractivity contribution < 1.29 is 9.53 Å². The second kappa shape index (κ2) is 5.67. The van der Waals surface area contributed by atoms with E-state index < -0.39 is 5.60 Å². The highest BCUT2D eigenvalue weighted by molar-refractivity contribution is 5.88. The fourth-order valence-electron chi connectivity index (χ4n) is 3.24. The SMILES string of the molecule is Cn1nncc1NC(=O)N1CCCC2(C=Cc3ccccc3O2)C1. The number of para-hydroxylation sites is 1. The lowest BCUT2D eigenvalue weighted by Crippen LogP contribution is -2.54. The summed E-state index contributed by atoms with van der Waals surface area (Å²) in [6, 6.07) is 7.80. The number of nitrogens with zero attached hydrogens (tertiary/aromatic N) is 4. The molecule has 3 heterocycles. The average molecular weight is 325 g/mol. The second-order valence-corrected chi connectivity index (χ2v) is 6.24. The lowest BCUT2D eigenvalue weighted by Gasteiger charge is -2.42. The number of carbonyl (C=O) groups is 1. The number of fused-ring (bicyclic) bond motifs is 1. The summed E-state index contributed by atoms with van der Waals surface area (Å²) in [6.07, 6.45) is 7.50. The number of hydrogen-bond acceptors (Lipinski definition) is 4. The number of nitrogens with one attached hydrogen (secondary N) is 1. The van der Waals surface area contributed by atoms with E-state index in [0.717, 1.165) is 24.2 Å². The van der Waals surface area contributed by atoms with Gasteiger partial charge in [-0.25, -0.2) is 9.48 Å². The summed E-state index contributed by atoms with van der Waals surface area (Å²) >= 11 is 0. The summed E-state index contributed by atoms with van der Waals surface area (Å²) in [6.45, 7) is 1.23. The molecule has 2 aromatic rings. The van der Waals surface area contributed by atoms with Gasteiger partial charge in [0.25, 0.3) is 0 Å². The van der Waals surface area contributed by atoms with Gasteiger partial charge in [-0.05, 0) is 25.0 Å². The fourth-order valence-corrected chi connectivity index (χ4v) is 3.24. The minimum Gasteiger partial charge on any atom is -0.481 e. The maximum absolute atomic E-state index is 12.6. The third kappa shape index (κ3) is 2.62. The number of urea groups is 1. The molecular weight excluding hydrogens is 306 g/mol. The van der Waals surface area contributed by atoms with Gasteiger partial charge in [-0.3, -0.25) is 5.32 Å². The van der Waals surface area contributed by atoms with Gasteiger partial charge in [-0.1, -0.05) is 29.5 Å². The van der Waals surface area contributed by atoms with Gasteiger partial charge < -0.3 is 9.64 Å². The molecule has 1 spiro atoms. The van der Waals surface area contributed by atoms with Crippen molar-refractivity contribution >= 4 is 17.9 Å². The molecule has 0 radical (unpaired) electrons. The zero-order valence-corrected chi connectivity index (χ0v) is 13.5. The zero-order valence-electron chi connectivity index (χ0n) is 13.5. The van der Waals surface area contributed by atoms with Crippen LogP contribution in [0.15, 0.2) is 36.5 Å². The molecule has 1 unspecified atom stereocenters. The van der Waals surface area contributed by atoms with E-state index in [4.69, 9.17) is 4.74 Å². The zero-order chi connectivity index (χ0) is 16.6. The smallest absolute Gasteiger partial charge is 0.323 e. The molecule has 1 N–H and O–H groups in total. The van der Waals surface area contributed by atoms with E-state index in [1.54, 1.807) is 11.9 Å². The van der Waals surface area contributed by atoms with Gasteiger partial charge in [0.05, 0.1) is 12.7 Å². The third-order valence-corrected chi connectivity index (χ3v) is 4.52. The predicted molar refractivity (Wildman–Crippen MR) is 89.7 cm³/mol. The molecule has 24 heavy (non-hydrogen) atoms. The molecule has 2 aliphatic heterocycles. The quantitative estimate of drug-likeness (QED) is 0.873. The molecule has 1 saturated heterocycles. The Labute approximate surface area is 139 Å². The van der Waals surface area contributed by atoms with E-state index in [0.29, 0.717) is 18.9 Å². The van der Waals surface area contributed by atoms with E-state index in [9.17, 15) is 4.79 Å². The first-order chi connectivity index (χ1) is 11.7. The Morgan fingerprint density at radius 1 is 1.38 bits per heavy atom. The largest absolute Gasteiger partial charge is 0.481 e. The van der Waals surface area contributed by atoms with Crippen LogP contribution in [-0.4, -0.2) is 44.6 Å². The van der Waals surface area contributed by atoms with Crippen LogP contribution in [0.3, 0.4) is 0 Å². The molecule has 2 aliphatic rings. The molecule has 0 aliphatic carbocycles. The van der Waals surface area contributed by atoms with Crippen molar-refractivity contribution in [3.63, 3.8) is 0 Å². The first-order valence-corrected chi connectivity index (χ1v) is 8.03. The minimum absolute atomic E-state index is 0.157. The highest BCUT2D eigenvalue weighted by Gasteiger charge is 2.39.